The Morgan fingerprint density at radius 2 is 1.60 bits per heavy atom. The lowest BCUT2D eigenvalue weighted by Gasteiger charge is -2.06. The number of hydrogen-bond acceptors (Lipinski definition) is 7. The van der Waals surface area contributed by atoms with Gasteiger partial charge in [-0.25, -0.2) is 14.4 Å². The Bertz CT molecular complexity index is 1710. The predicted molar refractivity (Wildman–Crippen MR) is 129 cm³/mol. The molecule has 0 radical (unpaired) electrons. The zero-order valence-corrected chi connectivity index (χ0v) is 18.7. The fourth-order valence-electron chi connectivity index (χ4n) is 4.05. The molecule has 0 spiro atoms. The molecule has 0 saturated carbocycles. The normalized spacial score (nSPS) is 11.3. The van der Waals surface area contributed by atoms with E-state index >= 15 is 0 Å². The van der Waals surface area contributed by atoms with Crippen LogP contribution in [0.2, 0.25) is 0 Å². The van der Waals surface area contributed by atoms with E-state index in [0.717, 1.165) is 16.6 Å². The van der Waals surface area contributed by atoms with Crippen molar-refractivity contribution < 1.29 is 13.9 Å². The quantitative estimate of drug-likeness (QED) is 0.375. The second-order valence-corrected chi connectivity index (χ2v) is 7.85. The molecule has 6 aromatic rings. The zero-order valence-electron chi connectivity index (χ0n) is 18.7. The molecule has 0 aliphatic carbocycles. The highest BCUT2D eigenvalue weighted by Gasteiger charge is 2.17. The maximum absolute atomic E-state index is 14.2. The smallest absolute Gasteiger partial charge is 0.140 e. The van der Waals surface area contributed by atoms with Crippen LogP contribution in [0.5, 0.6) is 11.5 Å². The van der Waals surface area contributed by atoms with Crippen LogP contribution in [-0.4, -0.2) is 49.3 Å². The third-order valence-electron chi connectivity index (χ3n) is 5.72. The van der Waals surface area contributed by atoms with Gasteiger partial charge in [0.2, 0.25) is 0 Å². The number of nitrogens with one attached hydrogen (secondary N) is 2. The van der Waals surface area contributed by atoms with Crippen LogP contribution in [0.4, 0.5) is 4.39 Å². The lowest BCUT2D eigenvalue weighted by atomic mass is 10.1. The van der Waals surface area contributed by atoms with Crippen molar-refractivity contribution in [1.82, 2.24) is 35.1 Å². The Balaban J connectivity index is 1.54. The minimum atomic E-state index is -0.406. The van der Waals surface area contributed by atoms with Crippen molar-refractivity contribution >= 4 is 22.1 Å². The Hall–Kier alpha value is -4.86. The minimum Gasteiger partial charge on any atom is -0.497 e. The van der Waals surface area contributed by atoms with Gasteiger partial charge in [-0.15, -0.1) is 0 Å². The van der Waals surface area contributed by atoms with Crippen LogP contribution >= 0.6 is 0 Å². The third kappa shape index (κ3) is 3.61. The lowest BCUT2D eigenvalue weighted by molar-refractivity contribution is 0.411. The van der Waals surface area contributed by atoms with Crippen molar-refractivity contribution in [2.24, 2.45) is 0 Å². The van der Waals surface area contributed by atoms with Crippen LogP contribution in [0.3, 0.4) is 0 Å². The fraction of sp³-hybridized carbons (Fsp3) is 0.0800. The highest BCUT2D eigenvalue weighted by atomic mass is 19.1. The van der Waals surface area contributed by atoms with Gasteiger partial charge in [-0.3, -0.25) is 15.1 Å². The molecule has 35 heavy (non-hydrogen) atoms. The second-order valence-electron chi connectivity index (χ2n) is 7.85. The number of rotatable bonds is 5. The van der Waals surface area contributed by atoms with Crippen LogP contribution in [-0.2, 0) is 0 Å². The number of benzene rings is 1. The maximum atomic E-state index is 14.2. The molecule has 0 atom stereocenters. The number of pyridine rings is 3. The zero-order chi connectivity index (χ0) is 23.9. The van der Waals surface area contributed by atoms with E-state index in [1.807, 2.05) is 12.1 Å². The van der Waals surface area contributed by atoms with Crippen LogP contribution in [0.25, 0.3) is 55.8 Å². The van der Waals surface area contributed by atoms with Crippen molar-refractivity contribution in [3.05, 3.63) is 67.1 Å². The SMILES string of the molecule is COc1cncc(-c2cc(-c3nc4c(-c5cc(F)cc(OC)c5)cncc4[nH]3)c3[nH]ncc3n2)c1. The minimum absolute atomic E-state index is 0.406. The first-order valence-electron chi connectivity index (χ1n) is 10.7. The van der Waals surface area contributed by atoms with E-state index in [0.29, 0.717) is 50.7 Å². The summed E-state index contributed by atoms with van der Waals surface area (Å²) in [5.74, 6) is 1.23. The monoisotopic (exact) mass is 467 g/mol. The number of ether oxygens (including phenoxy) is 2. The lowest BCUT2D eigenvalue weighted by Crippen LogP contribution is -1.92. The van der Waals surface area contributed by atoms with Gasteiger partial charge in [0, 0.05) is 35.2 Å². The van der Waals surface area contributed by atoms with Crippen LogP contribution in [0, 0.1) is 5.82 Å². The molecule has 2 N–H and O–H groups in total. The molecule has 5 aromatic heterocycles. The number of methoxy groups -OCH3 is 2. The fourth-order valence-corrected chi connectivity index (χ4v) is 4.05. The van der Waals surface area contributed by atoms with Gasteiger partial charge in [0.25, 0.3) is 0 Å². The number of hydrogen-bond donors (Lipinski definition) is 2. The van der Waals surface area contributed by atoms with Crippen molar-refractivity contribution in [1.29, 1.82) is 0 Å². The molecule has 0 saturated heterocycles. The van der Waals surface area contributed by atoms with Crippen molar-refractivity contribution in [3.8, 4) is 45.3 Å². The van der Waals surface area contributed by atoms with Gasteiger partial charge >= 0.3 is 0 Å². The summed E-state index contributed by atoms with van der Waals surface area (Å²) in [5.41, 5.74) is 6.29. The van der Waals surface area contributed by atoms with E-state index in [1.54, 1.807) is 44.2 Å². The topological polar surface area (TPSA) is 114 Å². The number of imidazole rings is 1. The number of fused-ring (bicyclic) bond motifs is 2. The molecular weight excluding hydrogens is 449 g/mol. The van der Waals surface area contributed by atoms with Crippen molar-refractivity contribution in [2.75, 3.05) is 14.2 Å². The van der Waals surface area contributed by atoms with Gasteiger partial charge in [-0.05, 0) is 29.8 Å². The molecule has 0 amide bonds. The van der Waals surface area contributed by atoms with Gasteiger partial charge in [-0.1, -0.05) is 0 Å². The molecule has 0 unspecified atom stereocenters. The van der Waals surface area contributed by atoms with Crippen LogP contribution in [0.1, 0.15) is 0 Å². The molecule has 9 nitrogen and oxygen atoms in total. The molecule has 0 fully saturated rings. The number of H-pyrrole nitrogens is 2. The summed E-state index contributed by atoms with van der Waals surface area (Å²) in [6.07, 6.45) is 8.36. The molecule has 0 bridgehead atoms. The van der Waals surface area contributed by atoms with Crippen molar-refractivity contribution in [3.63, 3.8) is 0 Å². The van der Waals surface area contributed by atoms with E-state index in [9.17, 15) is 4.39 Å². The van der Waals surface area contributed by atoms with Crippen LogP contribution in [0.15, 0.2) is 61.3 Å². The average molecular weight is 467 g/mol. The Labute approximate surface area is 198 Å². The molecule has 1 aromatic carbocycles. The number of aromatic amines is 2. The first-order chi connectivity index (χ1) is 17.1. The first kappa shape index (κ1) is 20.7. The molecule has 10 heteroatoms. The standard InChI is InChI=1S/C25H18FN7O2/c1-34-16-4-13(3-15(26)6-16)19-10-28-11-21-23(19)32-25(31-21)18-7-20(30-22-12-29-33-24(18)22)14-5-17(35-2)9-27-8-14/h3-12H,1-2H3,(H,29,33)(H,31,32). The van der Waals surface area contributed by atoms with E-state index in [4.69, 9.17) is 19.4 Å². The van der Waals surface area contributed by atoms with Gasteiger partial charge in [0.1, 0.15) is 28.7 Å². The highest BCUT2D eigenvalue weighted by molar-refractivity contribution is 5.97. The molecular formula is C25H18FN7O2. The summed E-state index contributed by atoms with van der Waals surface area (Å²) in [6.45, 7) is 0. The average Bonchev–Trinajstić information content (AvgIpc) is 3.54. The number of aromatic nitrogens is 7. The largest absolute Gasteiger partial charge is 0.497 e. The van der Waals surface area contributed by atoms with Gasteiger partial charge < -0.3 is 14.5 Å². The third-order valence-corrected chi connectivity index (χ3v) is 5.72. The molecule has 0 aliphatic heterocycles. The van der Waals surface area contributed by atoms with Gasteiger partial charge in [0.05, 0.1) is 55.1 Å². The van der Waals surface area contributed by atoms with Gasteiger partial charge in [-0.2, -0.15) is 5.10 Å². The van der Waals surface area contributed by atoms with Crippen molar-refractivity contribution in [2.45, 2.75) is 0 Å². The number of nitrogens with zero attached hydrogens (tertiary/aromatic N) is 5. The predicted octanol–water partition coefficient (Wildman–Crippen LogP) is 4.78. The highest BCUT2D eigenvalue weighted by Crippen LogP contribution is 2.34. The number of halogens is 1. The summed E-state index contributed by atoms with van der Waals surface area (Å²) in [6, 6.07) is 8.28. The van der Waals surface area contributed by atoms with E-state index in [2.05, 4.69) is 25.1 Å². The Morgan fingerprint density at radius 3 is 2.46 bits per heavy atom. The Morgan fingerprint density at radius 1 is 0.771 bits per heavy atom. The Kier molecular flexibility index (Phi) is 4.84. The first-order valence-corrected chi connectivity index (χ1v) is 10.7. The van der Waals surface area contributed by atoms with Gasteiger partial charge in [0.15, 0.2) is 0 Å². The summed E-state index contributed by atoms with van der Waals surface area (Å²) in [4.78, 5) is 21.5. The molecule has 0 aliphatic rings. The summed E-state index contributed by atoms with van der Waals surface area (Å²) in [7, 11) is 3.09. The van der Waals surface area contributed by atoms with E-state index < -0.39 is 5.82 Å². The van der Waals surface area contributed by atoms with E-state index in [-0.39, 0.29) is 0 Å². The maximum Gasteiger partial charge on any atom is 0.140 e. The molecule has 172 valence electrons. The second kappa shape index (κ2) is 8.17. The summed E-state index contributed by atoms with van der Waals surface area (Å²) in [5, 5.41) is 7.17. The molecule has 5 heterocycles. The summed E-state index contributed by atoms with van der Waals surface area (Å²) >= 11 is 0. The van der Waals surface area contributed by atoms with Crippen LogP contribution < -0.4 is 9.47 Å². The summed E-state index contributed by atoms with van der Waals surface area (Å²) < 4.78 is 24.8. The van der Waals surface area contributed by atoms with E-state index in [1.165, 1.54) is 19.2 Å². The molecule has 6 rings (SSSR count).